The summed E-state index contributed by atoms with van der Waals surface area (Å²) in [4.78, 5) is 0. The number of tetrazole rings is 1. The molecular weight excluding hydrogens is 269 g/mol. The van der Waals surface area contributed by atoms with Crippen LogP contribution in [0.3, 0.4) is 0 Å². The highest BCUT2D eigenvalue weighted by Gasteiger charge is 2.10. The third kappa shape index (κ3) is 2.89. The summed E-state index contributed by atoms with van der Waals surface area (Å²) < 4.78 is 15.3. The van der Waals surface area contributed by atoms with Crippen molar-refractivity contribution in [2.45, 2.75) is 13.0 Å². The molecule has 2 aromatic carbocycles. The summed E-state index contributed by atoms with van der Waals surface area (Å²) >= 11 is 0. The average Bonchev–Trinajstić information content (AvgIpc) is 2.95. The summed E-state index contributed by atoms with van der Waals surface area (Å²) in [6, 6.07) is 14.1. The van der Waals surface area contributed by atoms with Gasteiger partial charge in [-0.25, -0.2) is 9.07 Å². The highest BCUT2D eigenvalue weighted by atomic mass is 19.1. The molecule has 3 aromatic rings. The van der Waals surface area contributed by atoms with Gasteiger partial charge in [-0.2, -0.15) is 0 Å². The molecule has 0 atom stereocenters. The molecule has 0 amide bonds. The molecule has 0 saturated heterocycles. The van der Waals surface area contributed by atoms with Crippen molar-refractivity contribution < 1.29 is 4.39 Å². The minimum atomic E-state index is -0.212. The van der Waals surface area contributed by atoms with E-state index in [4.69, 9.17) is 5.73 Å². The molecule has 3 rings (SSSR count). The van der Waals surface area contributed by atoms with Crippen molar-refractivity contribution in [3.63, 3.8) is 0 Å². The van der Waals surface area contributed by atoms with Crippen LogP contribution in [0.2, 0.25) is 0 Å². The van der Waals surface area contributed by atoms with Gasteiger partial charge in [0.2, 0.25) is 0 Å². The van der Waals surface area contributed by atoms with E-state index in [2.05, 4.69) is 15.5 Å². The molecule has 0 spiro atoms. The van der Waals surface area contributed by atoms with Gasteiger partial charge in [-0.1, -0.05) is 30.3 Å². The number of benzene rings is 2. The van der Waals surface area contributed by atoms with Gasteiger partial charge in [0.1, 0.15) is 5.82 Å². The first-order chi connectivity index (χ1) is 10.2. The number of aromatic nitrogens is 4. The van der Waals surface area contributed by atoms with Gasteiger partial charge in [0, 0.05) is 17.8 Å². The van der Waals surface area contributed by atoms with Crippen LogP contribution in [0.1, 0.15) is 5.56 Å². The number of anilines is 1. The smallest absolute Gasteiger partial charge is 0.182 e. The zero-order valence-corrected chi connectivity index (χ0v) is 11.3. The van der Waals surface area contributed by atoms with E-state index in [1.807, 2.05) is 24.3 Å². The molecule has 0 unspecified atom stereocenters. The first kappa shape index (κ1) is 13.2. The number of hydrogen-bond donors (Lipinski definition) is 1. The van der Waals surface area contributed by atoms with Gasteiger partial charge in [-0.15, -0.1) is 5.10 Å². The van der Waals surface area contributed by atoms with E-state index < -0.39 is 0 Å². The summed E-state index contributed by atoms with van der Waals surface area (Å²) in [7, 11) is 0. The fourth-order valence-electron chi connectivity index (χ4n) is 2.17. The summed E-state index contributed by atoms with van der Waals surface area (Å²) in [5.41, 5.74) is 7.91. The highest BCUT2D eigenvalue weighted by molar-refractivity contribution is 5.60. The van der Waals surface area contributed by atoms with E-state index >= 15 is 0 Å². The number of rotatable bonds is 4. The van der Waals surface area contributed by atoms with Crippen molar-refractivity contribution in [1.29, 1.82) is 0 Å². The van der Waals surface area contributed by atoms with Gasteiger partial charge in [0.05, 0.1) is 0 Å². The normalized spacial score (nSPS) is 10.7. The molecular formula is C15H14FN5. The van der Waals surface area contributed by atoms with Gasteiger partial charge < -0.3 is 5.73 Å². The minimum Gasteiger partial charge on any atom is -0.399 e. The second kappa shape index (κ2) is 5.70. The minimum absolute atomic E-state index is 0.212. The molecule has 0 aliphatic carbocycles. The maximum atomic E-state index is 13.6. The molecule has 2 N–H and O–H groups in total. The molecule has 5 nitrogen and oxygen atoms in total. The topological polar surface area (TPSA) is 69.6 Å². The van der Waals surface area contributed by atoms with Gasteiger partial charge in [-0.3, -0.25) is 0 Å². The number of nitrogens with two attached hydrogens (primary N) is 1. The van der Waals surface area contributed by atoms with E-state index in [-0.39, 0.29) is 5.82 Å². The average molecular weight is 283 g/mol. The molecule has 6 heteroatoms. The molecule has 1 aromatic heterocycles. The Labute approximate surface area is 121 Å². The molecule has 1 heterocycles. The Bertz CT molecular complexity index is 753. The number of aryl methyl sites for hydroxylation is 2. The van der Waals surface area contributed by atoms with Crippen LogP contribution in [-0.4, -0.2) is 20.2 Å². The van der Waals surface area contributed by atoms with Crippen LogP contribution in [0.4, 0.5) is 10.1 Å². The van der Waals surface area contributed by atoms with E-state index in [0.717, 1.165) is 5.56 Å². The van der Waals surface area contributed by atoms with Crippen LogP contribution in [0.15, 0.2) is 48.5 Å². The fourth-order valence-corrected chi connectivity index (χ4v) is 2.17. The quantitative estimate of drug-likeness (QED) is 0.746. The van der Waals surface area contributed by atoms with Crippen molar-refractivity contribution in [3.8, 4) is 11.4 Å². The number of hydrogen-bond acceptors (Lipinski definition) is 4. The Morgan fingerprint density at radius 1 is 1.10 bits per heavy atom. The Morgan fingerprint density at radius 2 is 1.95 bits per heavy atom. The number of nitrogens with zero attached hydrogens (tertiary/aromatic N) is 4. The van der Waals surface area contributed by atoms with Crippen LogP contribution < -0.4 is 5.73 Å². The van der Waals surface area contributed by atoms with Crippen molar-refractivity contribution >= 4 is 5.69 Å². The Hall–Kier alpha value is -2.76. The SMILES string of the molecule is Nc1cccc(-c2nnnn2CCc2ccccc2F)c1. The highest BCUT2D eigenvalue weighted by Crippen LogP contribution is 2.18. The summed E-state index contributed by atoms with van der Waals surface area (Å²) in [6.45, 7) is 0.498. The molecule has 0 radical (unpaired) electrons. The lowest BCUT2D eigenvalue weighted by Crippen LogP contribution is -2.06. The van der Waals surface area contributed by atoms with Crippen molar-refractivity contribution in [2.24, 2.45) is 0 Å². The van der Waals surface area contributed by atoms with E-state index in [9.17, 15) is 4.39 Å². The lowest BCUT2D eigenvalue weighted by atomic mass is 10.1. The molecule has 0 saturated carbocycles. The summed E-state index contributed by atoms with van der Waals surface area (Å²) in [6.07, 6.45) is 0.521. The van der Waals surface area contributed by atoms with E-state index in [1.54, 1.807) is 22.9 Å². The predicted octanol–water partition coefficient (Wildman–Crippen LogP) is 2.30. The lowest BCUT2D eigenvalue weighted by molar-refractivity contribution is 0.563. The molecule has 0 aliphatic rings. The summed E-state index contributed by atoms with van der Waals surface area (Å²) in [5, 5.41) is 11.7. The lowest BCUT2D eigenvalue weighted by Gasteiger charge is -2.06. The van der Waals surface area contributed by atoms with Crippen LogP contribution >= 0.6 is 0 Å². The second-order valence-corrected chi connectivity index (χ2v) is 4.69. The monoisotopic (exact) mass is 283 g/mol. The number of halogens is 1. The zero-order valence-electron chi connectivity index (χ0n) is 11.3. The maximum absolute atomic E-state index is 13.6. The Kier molecular flexibility index (Phi) is 3.59. The standard InChI is InChI=1S/C15H14FN5/c16-14-7-2-1-4-11(14)8-9-21-15(18-19-20-21)12-5-3-6-13(17)10-12/h1-7,10H,8-9,17H2. The van der Waals surface area contributed by atoms with Crippen molar-refractivity contribution in [3.05, 3.63) is 59.9 Å². The first-order valence-electron chi connectivity index (χ1n) is 6.59. The van der Waals surface area contributed by atoms with Gasteiger partial charge in [0.25, 0.3) is 0 Å². The predicted molar refractivity (Wildman–Crippen MR) is 77.8 cm³/mol. The van der Waals surface area contributed by atoms with Gasteiger partial charge in [-0.05, 0) is 40.6 Å². The van der Waals surface area contributed by atoms with Crippen LogP contribution in [0.5, 0.6) is 0 Å². The van der Waals surface area contributed by atoms with Crippen LogP contribution in [0, 0.1) is 5.82 Å². The Balaban J connectivity index is 1.82. The van der Waals surface area contributed by atoms with Crippen molar-refractivity contribution in [2.75, 3.05) is 5.73 Å². The maximum Gasteiger partial charge on any atom is 0.182 e. The molecule has 106 valence electrons. The molecule has 0 fully saturated rings. The molecule has 0 bridgehead atoms. The second-order valence-electron chi connectivity index (χ2n) is 4.69. The van der Waals surface area contributed by atoms with E-state index in [0.29, 0.717) is 30.0 Å². The third-order valence-corrected chi connectivity index (χ3v) is 3.23. The largest absolute Gasteiger partial charge is 0.399 e. The Morgan fingerprint density at radius 3 is 2.76 bits per heavy atom. The number of nitrogen functional groups attached to an aromatic ring is 1. The van der Waals surface area contributed by atoms with Gasteiger partial charge >= 0.3 is 0 Å². The van der Waals surface area contributed by atoms with Crippen molar-refractivity contribution in [1.82, 2.24) is 20.2 Å². The zero-order chi connectivity index (χ0) is 14.7. The third-order valence-electron chi connectivity index (χ3n) is 3.23. The molecule has 0 aliphatic heterocycles. The molecule has 21 heavy (non-hydrogen) atoms. The first-order valence-corrected chi connectivity index (χ1v) is 6.59. The van der Waals surface area contributed by atoms with Gasteiger partial charge in [0.15, 0.2) is 5.82 Å². The van der Waals surface area contributed by atoms with Crippen LogP contribution in [-0.2, 0) is 13.0 Å². The van der Waals surface area contributed by atoms with E-state index in [1.165, 1.54) is 6.07 Å². The van der Waals surface area contributed by atoms with Crippen LogP contribution in [0.25, 0.3) is 11.4 Å². The fraction of sp³-hybridized carbons (Fsp3) is 0.133. The summed E-state index contributed by atoms with van der Waals surface area (Å²) in [5.74, 6) is 0.412.